The lowest BCUT2D eigenvalue weighted by molar-refractivity contribution is -0.141. The number of amides is 1. The number of rotatable bonds is 6. The smallest absolute Gasteiger partial charge is 0.325 e. The van der Waals surface area contributed by atoms with Gasteiger partial charge in [-0.2, -0.15) is 0 Å². The van der Waals surface area contributed by atoms with E-state index in [9.17, 15) is 18.0 Å². The quantitative estimate of drug-likeness (QED) is 0.744. The van der Waals surface area contributed by atoms with Crippen LogP contribution in [0.25, 0.3) is 10.8 Å². The predicted molar refractivity (Wildman–Crippen MR) is 84.2 cm³/mol. The first-order valence-electron chi connectivity index (χ1n) is 6.74. The summed E-state index contributed by atoms with van der Waals surface area (Å²) in [5.41, 5.74) is 0. The molecule has 0 fully saturated rings. The van der Waals surface area contributed by atoms with Crippen LogP contribution in [0, 0.1) is 0 Å². The van der Waals surface area contributed by atoms with Gasteiger partial charge in [-0.05, 0) is 22.9 Å². The van der Waals surface area contributed by atoms with Crippen molar-refractivity contribution >= 4 is 32.7 Å². The molecule has 0 atom stereocenters. The maximum atomic E-state index is 12.2. The summed E-state index contributed by atoms with van der Waals surface area (Å²) in [5.74, 6) is -1.24. The number of benzene rings is 2. The second kappa shape index (κ2) is 7.21. The molecule has 122 valence electrons. The summed E-state index contributed by atoms with van der Waals surface area (Å²) in [6.07, 6.45) is 0. The topological polar surface area (TPSA) is 102 Å². The molecule has 0 bridgehead atoms. The molecular formula is C15H16N2O5S. The molecule has 0 aromatic heterocycles. The van der Waals surface area contributed by atoms with E-state index in [2.05, 4.69) is 14.8 Å². The maximum Gasteiger partial charge on any atom is 0.325 e. The molecule has 0 aliphatic carbocycles. The molecule has 0 radical (unpaired) electrons. The number of sulfonamides is 1. The van der Waals surface area contributed by atoms with Gasteiger partial charge in [0.15, 0.2) is 0 Å². The van der Waals surface area contributed by atoms with Gasteiger partial charge in [-0.3, -0.25) is 9.59 Å². The van der Waals surface area contributed by atoms with E-state index in [0.717, 1.165) is 10.8 Å². The highest BCUT2D eigenvalue weighted by Gasteiger charge is 2.16. The second-order valence-corrected chi connectivity index (χ2v) is 6.45. The van der Waals surface area contributed by atoms with Crippen LogP contribution in [0.4, 0.5) is 0 Å². The molecule has 2 rings (SSSR count). The maximum absolute atomic E-state index is 12.2. The fraction of sp³-hybridized carbons (Fsp3) is 0.200. The Bertz CT molecular complexity index is 833. The molecule has 0 saturated carbocycles. The molecule has 0 spiro atoms. The Morgan fingerprint density at radius 1 is 1.04 bits per heavy atom. The molecule has 2 aromatic rings. The molecule has 7 nitrogen and oxygen atoms in total. The van der Waals surface area contributed by atoms with Crippen molar-refractivity contribution in [3.05, 3.63) is 42.5 Å². The van der Waals surface area contributed by atoms with Crippen LogP contribution in [0.2, 0.25) is 0 Å². The number of ether oxygens (including phenoxy) is 1. The van der Waals surface area contributed by atoms with Crippen molar-refractivity contribution in [2.75, 3.05) is 20.2 Å². The van der Waals surface area contributed by atoms with Crippen molar-refractivity contribution in [3.63, 3.8) is 0 Å². The van der Waals surface area contributed by atoms with Crippen LogP contribution in [0.15, 0.2) is 47.4 Å². The Morgan fingerprint density at radius 3 is 2.43 bits per heavy atom. The third kappa shape index (κ3) is 4.51. The zero-order valence-corrected chi connectivity index (χ0v) is 13.2. The molecule has 2 N–H and O–H groups in total. The van der Waals surface area contributed by atoms with Gasteiger partial charge in [0.1, 0.15) is 6.54 Å². The molecule has 0 aliphatic rings. The minimum Gasteiger partial charge on any atom is -0.468 e. The van der Waals surface area contributed by atoms with Crippen LogP contribution in [-0.4, -0.2) is 40.5 Å². The summed E-state index contributed by atoms with van der Waals surface area (Å²) in [6, 6.07) is 12.0. The average molecular weight is 336 g/mol. The monoisotopic (exact) mass is 336 g/mol. The van der Waals surface area contributed by atoms with E-state index in [-0.39, 0.29) is 11.4 Å². The lowest BCUT2D eigenvalue weighted by Crippen LogP contribution is -2.39. The zero-order valence-electron chi connectivity index (χ0n) is 12.4. The SMILES string of the molecule is COC(=O)CNC(=O)CNS(=O)(=O)c1ccc2ccccc2c1. The van der Waals surface area contributed by atoms with Gasteiger partial charge in [0, 0.05) is 0 Å². The van der Waals surface area contributed by atoms with Gasteiger partial charge in [-0.25, -0.2) is 13.1 Å². The van der Waals surface area contributed by atoms with Crippen molar-refractivity contribution in [1.82, 2.24) is 10.0 Å². The number of carbonyl (C=O) groups excluding carboxylic acids is 2. The molecular weight excluding hydrogens is 320 g/mol. The molecule has 0 heterocycles. The Balaban J connectivity index is 2.03. The van der Waals surface area contributed by atoms with E-state index >= 15 is 0 Å². The van der Waals surface area contributed by atoms with E-state index in [1.807, 2.05) is 18.2 Å². The fourth-order valence-electron chi connectivity index (χ4n) is 1.88. The van der Waals surface area contributed by atoms with Crippen LogP contribution in [-0.2, 0) is 24.3 Å². The minimum absolute atomic E-state index is 0.0666. The molecule has 0 unspecified atom stereocenters. The van der Waals surface area contributed by atoms with Gasteiger partial charge in [0.05, 0.1) is 18.6 Å². The summed E-state index contributed by atoms with van der Waals surface area (Å²) >= 11 is 0. The fourth-order valence-corrected chi connectivity index (χ4v) is 2.90. The number of nitrogens with one attached hydrogen (secondary N) is 2. The van der Waals surface area contributed by atoms with E-state index in [0.29, 0.717) is 0 Å². The Kier molecular flexibility index (Phi) is 5.30. The van der Waals surface area contributed by atoms with Gasteiger partial charge >= 0.3 is 5.97 Å². The summed E-state index contributed by atoms with van der Waals surface area (Å²) in [5, 5.41) is 3.95. The van der Waals surface area contributed by atoms with Crippen LogP contribution < -0.4 is 10.0 Å². The van der Waals surface area contributed by atoms with Gasteiger partial charge in [0.2, 0.25) is 15.9 Å². The van der Waals surface area contributed by atoms with E-state index in [4.69, 9.17) is 0 Å². The Hall–Kier alpha value is -2.45. The van der Waals surface area contributed by atoms with Gasteiger partial charge in [-0.15, -0.1) is 0 Å². The number of fused-ring (bicyclic) bond motifs is 1. The lowest BCUT2D eigenvalue weighted by atomic mass is 10.1. The average Bonchev–Trinajstić information content (AvgIpc) is 2.57. The molecule has 1 amide bonds. The highest BCUT2D eigenvalue weighted by Crippen LogP contribution is 2.18. The van der Waals surface area contributed by atoms with E-state index in [1.165, 1.54) is 19.2 Å². The summed E-state index contributed by atoms with van der Waals surface area (Å²) in [6.45, 7) is -0.779. The Labute approximate surface area is 133 Å². The number of hydrogen-bond acceptors (Lipinski definition) is 5. The first-order valence-corrected chi connectivity index (χ1v) is 8.22. The molecule has 0 saturated heterocycles. The highest BCUT2D eigenvalue weighted by atomic mass is 32.2. The van der Waals surface area contributed by atoms with Crippen molar-refractivity contribution < 1.29 is 22.7 Å². The third-order valence-electron chi connectivity index (χ3n) is 3.11. The largest absolute Gasteiger partial charge is 0.468 e. The van der Waals surface area contributed by atoms with Crippen molar-refractivity contribution in [1.29, 1.82) is 0 Å². The summed E-state index contributed by atoms with van der Waals surface area (Å²) in [7, 11) is -2.63. The highest BCUT2D eigenvalue weighted by molar-refractivity contribution is 7.89. The Morgan fingerprint density at radius 2 is 1.74 bits per heavy atom. The van der Waals surface area contributed by atoms with Gasteiger partial charge < -0.3 is 10.1 Å². The van der Waals surface area contributed by atoms with Crippen LogP contribution in [0.3, 0.4) is 0 Å². The third-order valence-corrected chi connectivity index (χ3v) is 4.51. The number of esters is 1. The predicted octanol–water partition coefficient (Wildman–Crippen LogP) is 0.407. The van der Waals surface area contributed by atoms with E-state index < -0.39 is 28.4 Å². The van der Waals surface area contributed by atoms with Crippen LogP contribution in [0.1, 0.15) is 0 Å². The summed E-state index contributed by atoms with van der Waals surface area (Å²) in [4.78, 5) is 22.5. The molecule has 23 heavy (non-hydrogen) atoms. The molecule has 0 aliphatic heterocycles. The number of carbonyl (C=O) groups is 2. The second-order valence-electron chi connectivity index (χ2n) is 4.69. The van der Waals surface area contributed by atoms with Crippen molar-refractivity contribution in [3.8, 4) is 0 Å². The van der Waals surface area contributed by atoms with Gasteiger partial charge in [0.25, 0.3) is 0 Å². The normalized spacial score (nSPS) is 11.2. The van der Waals surface area contributed by atoms with Crippen molar-refractivity contribution in [2.45, 2.75) is 4.90 Å². The standard InChI is InChI=1S/C15H16N2O5S/c1-22-15(19)10-16-14(18)9-17-23(20,21)13-7-6-11-4-2-3-5-12(11)8-13/h2-8,17H,9-10H2,1H3,(H,16,18). The molecule has 8 heteroatoms. The first-order chi connectivity index (χ1) is 10.9. The van der Waals surface area contributed by atoms with Crippen LogP contribution in [0.5, 0.6) is 0 Å². The first kappa shape index (κ1) is 16.9. The molecule has 2 aromatic carbocycles. The van der Waals surface area contributed by atoms with Gasteiger partial charge in [-0.1, -0.05) is 30.3 Å². The van der Waals surface area contributed by atoms with E-state index in [1.54, 1.807) is 12.1 Å². The number of methoxy groups -OCH3 is 1. The lowest BCUT2D eigenvalue weighted by Gasteiger charge is -2.08. The number of hydrogen-bond donors (Lipinski definition) is 2. The van der Waals surface area contributed by atoms with Crippen LogP contribution >= 0.6 is 0 Å². The minimum atomic E-state index is -3.82. The zero-order chi connectivity index (χ0) is 16.9. The van der Waals surface area contributed by atoms with Crippen molar-refractivity contribution in [2.24, 2.45) is 0 Å². The summed E-state index contributed by atoms with van der Waals surface area (Å²) < 4.78 is 30.9.